The lowest BCUT2D eigenvalue weighted by atomic mass is 9.81. The summed E-state index contributed by atoms with van der Waals surface area (Å²) < 4.78 is 31.3. The van der Waals surface area contributed by atoms with E-state index in [1.54, 1.807) is 6.92 Å². The van der Waals surface area contributed by atoms with E-state index in [1.165, 1.54) is 4.31 Å². The van der Waals surface area contributed by atoms with Crippen molar-refractivity contribution < 1.29 is 22.7 Å². The van der Waals surface area contributed by atoms with E-state index in [1.807, 2.05) is 6.92 Å². The molecule has 0 radical (unpaired) electrons. The van der Waals surface area contributed by atoms with Crippen LogP contribution < -0.4 is 5.32 Å². The Hall–Kier alpha value is -1.15. The van der Waals surface area contributed by atoms with Gasteiger partial charge in [-0.2, -0.15) is 0 Å². The van der Waals surface area contributed by atoms with Crippen molar-refractivity contribution in [3.05, 3.63) is 0 Å². The summed E-state index contributed by atoms with van der Waals surface area (Å²) in [6, 6.07) is 0. The lowest BCUT2D eigenvalue weighted by molar-refractivity contribution is -0.155. The van der Waals surface area contributed by atoms with E-state index in [0.717, 1.165) is 19.3 Å². The summed E-state index contributed by atoms with van der Waals surface area (Å²) >= 11 is 0. The maximum absolute atomic E-state index is 12.9. The maximum atomic E-state index is 12.9. The zero-order chi connectivity index (χ0) is 19.2. The summed E-state index contributed by atoms with van der Waals surface area (Å²) in [4.78, 5) is 25.4. The lowest BCUT2D eigenvalue weighted by Gasteiger charge is -2.38. The number of hydrogen-bond acceptors (Lipinski definition) is 5. The lowest BCUT2D eigenvalue weighted by Crippen LogP contribution is -2.59. The Kier molecular flexibility index (Phi) is 7.46. The standard InChI is InChI=1S/C18H32N2O5S/c1-3-13-26(23,24)20-12-8-9-15(14-20)16(21)19-18(17(22)25-4-2)10-6-5-7-11-18/h15H,3-14H2,1-2H3,(H,19,21). The minimum atomic E-state index is -3.31. The molecule has 2 fully saturated rings. The van der Waals surface area contributed by atoms with E-state index in [2.05, 4.69) is 5.32 Å². The third kappa shape index (κ3) is 4.97. The highest BCUT2D eigenvalue weighted by Gasteiger charge is 2.44. The summed E-state index contributed by atoms with van der Waals surface area (Å²) in [5.74, 6) is -0.895. The van der Waals surface area contributed by atoms with E-state index in [-0.39, 0.29) is 30.8 Å². The molecular formula is C18H32N2O5S. The van der Waals surface area contributed by atoms with Crippen molar-refractivity contribution in [1.82, 2.24) is 9.62 Å². The normalized spacial score (nSPS) is 24.0. The molecule has 8 heteroatoms. The van der Waals surface area contributed by atoms with Gasteiger partial charge in [0.2, 0.25) is 15.9 Å². The minimum absolute atomic E-state index is 0.105. The van der Waals surface area contributed by atoms with Crippen molar-refractivity contribution in [3.63, 3.8) is 0 Å². The third-order valence-electron chi connectivity index (χ3n) is 5.35. The molecule has 1 aliphatic carbocycles. The minimum Gasteiger partial charge on any atom is -0.464 e. The van der Waals surface area contributed by atoms with E-state index in [0.29, 0.717) is 38.6 Å². The second-order valence-corrected chi connectivity index (χ2v) is 9.45. The summed E-state index contributed by atoms with van der Waals surface area (Å²) in [6.45, 7) is 4.54. The summed E-state index contributed by atoms with van der Waals surface area (Å²) in [7, 11) is -3.31. The second kappa shape index (κ2) is 9.17. The molecule has 0 bridgehead atoms. The first kappa shape index (κ1) is 21.2. The number of carbonyl (C=O) groups excluding carboxylic acids is 2. The van der Waals surface area contributed by atoms with Gasteiger partial charge in [-0.15, -0.1) is 0 Å². The molecule has 2 rings (SSSR count). The molecule has 1 saturated carbocycles. The molecule has 0 aromatic carbocycles. The number of nitrogens with zero attached hydrogens (tertiary/aromatic N) is 1. The molecule has 1 amide bonds. The largest absolute Gasteiger partial charge is 0.464 e. The molecule has 1 heterocycles. The Balaban J connectivity index is 2.07. The van der Waals surface area contributed by atoms with Crippen molar-refractivity contribution in [3.8, 4) is 0 Å². The fraction of sp³-hybridized carbons (Fsp3) is 0.889. The van der Waals surface area contributed by atoms with Crippen molar-refractivity contribution in [2.24, 2.45) is 5.92 Å². The van der Waals surface area contributed by atoms with Crippen LogP contribution in [0.5, 0.6) is 0 Å². The topological polar surface area (TPSA) is 92.8 Å². The summed E-state index contributed by atoms with van der Waals surface area (Å²) in [5.41, 5.74) is -0.948. The van der Waals surface area contributed by atoms with Crippen molar-refractivity contribution in [2.75, 3.05) is 25.4 Å². The first-order valence-electron chi connectivity index (χ1n) is 9.81. The van der Waals surface area contributed by atoms with Gasteiger partial charge in [0.25, 0.3) is 0 Å². The zero-order valence-corrected chi connectivity index (χ0v) is 16.8. The average Bonchev–Trinajstić information content (AvgIpc) is 2.63. The molecule has 7 nitrogen and oxygen atoms in total. The van der Waals surface area contributed by atoms with Crippen molar-refractivity contribution >= 4 is 21.9 Å². The smallest absolute Gasteiger partial charge is 0.331 e. The molecular weight excluding hydrogens is 356 g/mol. The molecule has 0 spiro atoms. The number of sulfonamides is 1. The van der Waals surface area contributed by atoms with Gasteiger partial charge in [0.15, 0.2) is 0 Å². The SMILES string of the molecule is CCCS(=O)(=O)N1CCCC(C(=O)NC2(C(=O)OCC)CCCCC2)C1. The molecule has 2 aliphatic rings. The van der Waals surface area contributed by atoms with Crippen molar-refractivity contribution in [2.45, 2.75) is 70.8 Å². The number of esters is 1. The van der Waals surface area contributed by atoms with Gasteiger partial charge in [-0.1, -0.05) is 26.2 Å². The Bertz CT molecular complexity index is 599. The van der Waals surface area contributed by atoms with Gasteiger partial charge >= 0.3 is 5.97 Å². The quantitative estimate of drug-likeness (QED) is 0.672. The Morgan fingerprint density at radius 1 is 1.15 bits per heavy atom. The fourth-order valence-electron chi connectivity index (χ4n) is 3.94. The van der Waals surface area contributed by atoms with Crippen LogP contribution in [-0.4, -0.2) is 55.6 Å². The molecule has 1 saturated heterocycles. The van der Waals surface area contributed by atoms with E-state index >= 15 is 0 Å². The molecule has 26 heavy (non-hydrogen) atoms. The first-order valence-corrected chi connectivity index (χ1v) is 11.4. The molecule has 1 N–H and O–H groups in total. The van der Waals surface area contributed by atoms with Crippen molar-refractivity contribution in [1.29, 1.82) is 0 Å². The number of hydrogen-bond donors (Lipinski definition) is 1. The maximum Gasteiger partial charge on any atom is 0.331 e. The highest BCUT2D eigenvalue weighted by molar-refractivity contribution is 7.89. The molecule has 1 unspecified atom stereocenters. The molecule has 1 atom stereocenters. The number of rotatable bonds is 7. The van der Waals surface area contributed by atoms with Gasteiger partial charge < -0.3 is 10.1 Å². The Morgan fingerprint density at radius 2 is 1.85 bits per heavy atom. The first-order chi connectivity index (χ1) is 12.3. The Labute approximate surface area is 156 Å². The Morgan fingerprint density at radius 3 is 2.46 bits per heavy atom. The molecule has 1 aliphatic heterocycles. The van der Waals surface area contributed by atoms with Gasteiger partial charge in [0, 0.05) is 13.1 Å². The average molecular weight is 389 g/mol. The van der Waals surface area contributed by atoms with Crippen LogP contribution in [0.15, 0.2) is 0 Å². The zero-order valence-electron chi connectivity index (χ0n) is 16.0. The van der Waals surface area contributed by atoms with Gasteiger partial charge in [-0.3, -0.25) is 4.79 Å². The number of ether oxygens (including phenoxy) is 1. The summed E-state index contributed by atoms with van der Waals surface area (Å²) in [6.07, 6.45) is 5.83. The van der Waals surface area contributed by atoms with Crippen LogP contribution in [0.2, 0.25) is 0 Å². The van der Waals surface area contributed by atoms with Gasteiger partial charge in [0.1, 0.15) is 5.54 Å². The van der Waals surface area contributed by atoms with Crippen LogP contribution in [0.3, 0.4) is 0 Å². The molecule has 0 aromatic rings. The highest BCUT2D eigenvalue weighted by atomic mass is 32.2. The van der Waals surface area contributed by atoms with Crippen LogP contribution in [-0.2, 0) is 24.3 Å². The van der Waals surface area contributed by atoms with Crippen LogP contribution in [0, 0.1) is 5.92 Å². The van der Waals surface area contributed by atoms with Crippen LogP contribution in [0.1, 0.15) is 65.2 Å². The van der Waals surface area contributed by atoms with Gasteiger partial charge in [0.05, 0.1) is 18.3 Å². The predicted molar refractivity (Wildman–Crippen MR) is 99.0 cm³/mol. The van der Waals surface area contributed by atoms with E-state index < -0.39 is 21.5 Å². The molecule has 150 valence electrons. The predicted octanol–water partition coefficient (Wildman–Crippen LogP) is 1.82. The number of nitrogens with one attached hydrogen (secondary N) is 1. The van der Waals surface area contributed by atoms with Crippen LogP contribution in [0.4, 0.5) is 0 Å². The van der Waals surface area contributed by atoms with E-state index in [9.17, 15) is 18.0 Å². The van der Waals surface area contributed by atoms with E-state index in [4.69, 9.17) is 4.74 Å². The highest BCUT2D eigenvalue weighted by Crippen LogP contribution is 2.31. The van der Waals surface area contributed by atoms with Crippen LogP contribution >= 0.6 is 0 Å². The second-order valence-electron chi connectivity index (χ2n) is 7.37. The van der Waals surface area contributed by atoms with Crippen LogP contribution in [0.25, 0.3) is 0 Å². The number of amides is 1. The summed E-state index contributed by atoms with van der Waals surface area (Å²) in [5, 5.41) is 2.96. The monoisotopic (exact) mass is 388 g/mol. The number of carbonyl (C=O) groups is 2. The number of piperidine rings is 1. The molecule has 0 aromatic heterocycles. The fourth-order valence-corrected chi connectivity index (χ4v) is 5.53. The van der Waals surface area contributed by atoms with Gasteiger partial charge in [-0.25, -0.2) is 17.5 Å². The van der Waals surface area contributed by atoms with Gasteiger partial charge in [-0.05, 0) is 39.0 Å². The third-order valence-corrected chi connectivity index (χ3v) is 7.39.